The number of piperidine rings is 1. The largest absolute Gasteiger partial charge is 0.481 e. The highest BCUT2D eigenvalue weighted by Gasteiger charge is 2.30. The Kier molecular flexibility index (Phi) is 5.45. The van der Waals surface area contributed by atoms with Crippen molar-refractivity contribution in [2.45, 2.75) is 37.8 Å². The lowest BCUT2D eigenvalue weighted by molar-refractivity contribution is -0.138. The molecule has 1 aromatic rings. The van der Waals surface area contributed by atoms with Crippen LogP contribution in [0.5, 0.6) is 0 Å². The Labute approximate surface area is 127 Å². The van der Waals surface area contributed by atoms with Gasteiger partial charge in [0.1, 0.15) is 0 Å². The lowest BCUT2D eigenvalue weighted by atomic mass is 9.89. The van der Waals surface area contributed by atoms with Gasteiger partial charge in [-0.25, -0.2) is 0 Å². The van der Waals surface area contributed by atoms with Crippen molar-refractivity contribution in [3.8, 4) is 0 Å². The highest BCUT2D eigenvalue weighted by molar-refractivity contribution is 5.66. The number of nitrogens with zero attached hydrogens (tertiary/aromatic N) is 1. The molecule has 0 unspecified atom stereocenters. The summed E-state index contributed by atoms with van der Waals surface area (Å²) in [7, 11) is 0. The third-order valence-corrected chi connectivity index (χ3v) is 4.16. The first-order valence-corrected chi connectivity index (χ1v) is 7.47. The quantitative estimate of drug-likeness (QED) is 0.899. The van der Waals surface area contributed by atoms with E-state index in [1.54, 1.807) is 12.1 Å². The van der Waals surface area contributed by atoms with E-state index in [1.807, 2.05) is 0 Å². The summed E-state index contributed by atoms with van der Waals surface area (Å²) in [6.07, 6.45) is -1.66. The Morgan fingerprint density at radius 2 is 1.77 bits per heavy atom. The fourth-order valence-electron chi connectivity index (χ4n) is 2.89. The number of halogens is 3. The zero-order valence-corrected chi connectivity index (χ0v) is 12.3. The Morgan fingerprint density at radius 3 is 2.27 bits per heavy atom. The van der Waals surface area contributed by atoms with Crippen LogP contribution in [0.2, 0.25) is 0 Å². The standard InChI is InChI=1S/C16H20F3NO2/c17-16(18,19)14-5-3-12(4-6-14)13-7-10-20(11-8-13)9-1-2-15(21)22/h3-6,13H,1-2,7-11H2,(H,21,22). The van der Waals surface area contributed by atoms with Crippen LogP contribution in [0.3, 0.4) is 0 Å². The minimum Gasteiger partial charge on any atom is -0.481 e. The normalized spacial score (nSPS) is 17.6. The third-order valence-electron chi connectivity index (χ3n) is 4.16. The first-order chi connectivity index (χ1) is 10.4. The van der Waals surface area contributed by atoms with E-state index < -0.39 is 17.7 Å². The van der Waals surface area contributed by atoms with Crippen molar-refractivity contribution in [1.29, 1.82) is 0 Å². The number of carboxylic acids is 1. The summed E-state index contributed by atoms with van der Waals surface area (Å²) < 4.78 is 37.6. The van der Waals surface area contributed by atoms with Crippen molar-refractivity contribution in [3.05, 3.63) is 35.4 Å². The molecule has 0 saturated carbocycles. The van der Waals surface area contributed by atoms with Gasteiger partial charge in [-0.1, -0.05) is 12.1 Å². The maximum atomic E-state index is 12.5. The molecule has 0 atom stereocenters. The molecule has 0 aliphatic carbocycles. The van der Waals surface area contributed by atoms with Gasteiger partial charge >= 0.3 is 12.1 Å². The number of alkyl halides is 3. The molecule has 1 saturated heterocycles. The molecule has 1 heterocycles. The molecule has 122 valence electrons. The van der Waals surface area contributed by atoms with Crippen molar-refractivity contribution in [2.24, 2.45) is 0 Å². The van der Waals surface area contributed by atoms with Gasteiger partial charge in [0.05, 0.1) is 5.56 Å². The predicted octanol–water partition coefficient (Wildman–Crippen LogP) is 3.75. The molecular formula is C16H20F3NO2. The molecule has 0 aromatic heterocycles. The first kappa shape index (κ1) is 16.8. The minimum absolute atomic E-state index is 0.179. The smallest absolute Gasteiger partial charge is 0.416 e. The Hall–Kier alpha value is -1.56. The Bertz CT molecular complexity index is 491. The average Bonchev–Trinajstić information content (AvgIpc) is 2.47. The second-order valence-corrected chi connectivity index (χ2v) is 5.73. The van der Waals surface area contributed by atoms with Crippen molar-refractivity contribution >= 4 is 5.97 Å². The lowest BCUT2D eigenvalue weighted by Gasteiger charge is -2.32. The summed E-state index contributed by atoms with van der Waals surface area (Å²) >= 11 is 0. The number of likely N-dealkylation sites (tertiary alicyclic amines) is 1. The molecule has 1 aliphatic heterocycles. The van der Waals surface area contributed by atoms with Gasteiger partial charge in [-0.15, -0.1) is 0 Å². The van der Waals surface area contributed by atoms with E-state index in [4.69, 9.17) is 5.11 Å². The molecule has 1 aliphatic rings. The number of aliphatic carboxylic acids is 1. The highest BCUT2D eigenvalue weighted by Crippen LogP contribution is 2.32. The molecule has 0 spiro atoms. The number of carboxylic acid groups (broad SMARTS) is 1. The van der Waals surface area contributed by atoms with Crippen LogP contribution in [0.1, 0.15) is 42.7 Å². The summed E-state index contributed by atoms with van der Waals surface area (Å²) in [5.74, 6) is -0.488. The molecule has 0 amide bonds. The lowest BCUT2D eigenvalue weighted by Crippen LogP contribution is -2.33. The van der Waals surface area contributed by atoms with E-state index in [0.29, 0.717) is 6.42 Å². The van der Waals surface area contributed by atoms with E-state index in [2.05, 4.69) is 4.90 Å². The van der Waals surface area contributed by atoms with Crippen LogP contribution in [0, 0.1) is 0 Å². The highest BCUT2D eigenvalue weighted by atomic mass is 19.4. The minimum atomic E-state index is -4.29. The first-order valence-electron chi connectivity index (χ1n) is 7.47. The molecule has 3 nitrogen and oxygen atoms in total. The molecule has 1 N–H and O–H groups in total. The number of carbonyl (C=O) groups is 1. The number of hydrogen-bond acceptors (Lipinski definition) is 2. The maximum absolute atomic E-state index is 12.5. The Balaban J connectivity index is 1.82. The molecule has 1 aromatic carbocycles. The third kappa shape index (κ3) is 4.73. The van der Waals surface area contributed by atoms with Gasteiger partial charge in [0, 0.05) is 6.42 Å². The van der Waals surface area contributed by atoms with Crippen LogP contribution in [-0.4, -0.2) is 35.6 Å². The second kappa shape index (κ2) is 7.13. The molecule has 22 heavy (non-hydrogen) atoms. The zero-order valence-electron chi connectivity index (χ0n) is 12.3. The molecule has 1 fully saturated rings. The predicted molar refractivity (Wildman–Crippen MR) is 76.7 cm³/mol. The topological polar surface area (TPSA) is 40.5 Å². The van der Waals surface area contributed by atoms with Gasteiger partial charge in [-0.2, -0.15) is 13.2 Å². The second-order valence-electron chi connectivity index (χ2n) is 5.73. The summed E-state index contributed by atoms with van der Waals surface area (Å²) in [5.41, 5.74) is 0.348. The van der Waals surface area contributed by atoms with Crippen molar-refractivity contribution in [2.75, 3.05) is 19.6 Å². The van der Waals surface area contributed by atoms with E-state index in [1.165, 1.54) is 0 Å². The monoisotopic (exact) mass is 315 g/mol. The fourth-order valence-corrected chi connectivity index (χ4v) is 2.89. The van der Waals surface area contributed by atoms with Gasteiger partial charge in [-0.3, -0.25) is 4.79 Å². The summed E-state index contributed by atoms with van der Waals surface area (Å²) in [5, 5.41) is 8.61. The maximum Gasteiger partial charge on any atom is 0.416 e. The SMILES string of the molecule is O=C(O)CCCN1CCC(c2ccc(C(F)(F)F)cc2)CC1. The summed E-state index contributed by atoms with van der Waals surface area (Å²) in [6, 6.07) is 5.45. The van der Waals surface area contributed by atoms with Gasteiger partial charge in [0.2, 0.25) is 0 Å². The molecule has 0 bridgehead atoms. The molecule has 6 heteroatoms. The Morgan fingerprint density at radius 1 is 1.18 bits per heavy atom. The molecule has 2 rings (SSSR count). The van der Waals surface area contributed by atoms with E-state index in [-0.39, 0.29) is 12.3 Å². The molecular weight excluding hydrogens is 295 g/mol. The van der Waals surface area contributed by atoms with E-state index >= 15 is 0 Å². The number of benzene rings is 1. The molecule has 0 radical (unpaired) electrons. The summed E-state index contributed by atoms with van der Waals surface area (Å²) in [6.45, 7) is 2.50. The van der Waals surface area contributed by atoms with E-state index in [9.17, 15) is 18.0 Å². The van der Waals surface area contributed by atoms with Crippen LogP contribution >= 0.6 is 0 Å². The number of hydrogen-bond donors (Lipinski definition) is 1. The summed E-state index contributed by atoms with van der Waals surface area (Å²) in [4.78, 5) is 12.7. The van der Waals surface area contributed by atoms with Gasteiger partial charge < -0.3 is 10.0 Å². The van der Waals surface area contributed by atoms with E-state index in [0.717, 1.165) is 50.2 Å². The van der Waals surface area contributed by atoms with Crippen molar-refractivity contribution < 1.29 is 23.1 Å². The van der Waals surface area contributed by atoms with Gasteiger partial charge in [-0.05, 0) is 62.5 Å². The van der Waals surface area contributed by atoms with Crippen molar-refractivity contribution in [1.82, 2.24) is 4.90 Å². The van der Waals surface area contributed by atoms with Crippen LogP contribution in [0.25, 0.3) is 0 Å². The van der Waals surface area contributed by atoms with Crippen LogP contribution in [-0.2, 0) is 11.0 Å². The average molecular weight is 315 g/mol. The zero-order chi connectivity index (χ0) is 16.2. The van der Waals surface area contributed by atoms with Crippen molar-refractivity contribution in [3.63, 3.8) is 0 Å². The van der Waals surface area contributed by atoms with Gasteiger partial charge in [0.25, 0.3) is 0 Å². The fraction of sp³-hybridized carbons (Fsp3) is 0.562. The van der Waals surface area contributed by atoms with Gasteiger partial charge in [0.15, 0.2) is 0 Å². The number of rotatable bonds is 5. The van der Waals surface area contributed by atoms with Crippen LogP contribution in [0.15, 0.2) is 24.3 Å². The van der Waals surface area contributed by atoms with Crippen LogP contribution < -0.4 is 0 Å². The van der Waals surface area contributed by atoms with Crippen LogP contribution in [0.4, 0.5) is 13.2 Å².